The maximum atomic E-state index is 14.5. The molecule has 0 aliphatic carbocycles. The number of halogens is 1. The third-order valence-electron chi connectivity index (χ3n) is 8.19. The van der Waals surface area contributed by atoms with Gasteiger partial charge < -0.3 is 23.7 Å². The summed E-state index contributed by atoms with van der Waals surface area (Å²) < 4.78 is 30.0. The number of hydrogen-bond donors (Lipinski definition) is 0. The van der Waals surface area contributed by atoms with E-state index in [-0.39, 0.29) is 24.3 Å². The molecule has 10 nitrogen and oxygen atoms in total. The second-order valence-electron chi connectivity index (χ2n) is 11.4. The maximum absolute atomic E-state index is 14.5. The largest absolute Gasteiger partial charge is 0.490 e. The average molecular weight is 727 g/mol. The highest BCUT2D eigenvalue weighted by Crippen LogP contribution is 2.37. The monoisotopic (exact) mass is 726 g/mol. The number of aromatic nitrogens is 1. The van der Waals surface area contributed by atoms with Crippen LogP contribution in [-0.2, 0) is 25.7 Å². The third-order valence-corrected chi connectivity index (χ3v) is 9.42. The van der Waals surface area contributed by atoms with Crippen molar-refractivity contribution in [3.8, 4) is 17.2 Å². The molecule has 0 spiro atoms. The number of carbonyl (C=O) groups excluding carboxylic acids is 2. The van der Waals surface area contributed by atoms with E-state index in [0.717, 1.165) is 21.9 Å². The van der Waals surface area contributed by atoms with Gasteiger partial charge in [0.05, 0.1) is 42.2 Å². The Balaban J connectivity index is 1.50. The van der Waals surface area contributed by atoms with Gasteiger partial charge in [0, 0.05) is 10.6 Å². The highest BCUT2D eigenvalue weighted by atomic mass is 35.5. The number of hydrogen-bond acceptors (Lipinski definition) is 10. The molecule has 51 heavy (non-hydrogen) atoms. The van der Waals surface area contributed by atoms with E-state index in [1.165, 1.54) is 23.0 Å². The summed E-state index contributed by atoms with van der Waals surface area (Å²) >= 11 is 7.30. The van der Waals surface area contributed by atoms with E-state index in [1.807, 2.05) is 73.7 Å². The summed E-state index contributed by atoms with van der Waals surface area (Å²) in [6, 6.07) is 23.3. The van der Waals surface area contributed by atoms with E-state index < -0.39 is 18.0 Å². The number of allylic oxidation sites excluding steroid dienone is 1. The fraction of sp³-hybridized carbons (Fsp3) is 0.231. The second kappa shape index (κ2) is 15.7. The molecule has 0 bridgehead atoms. The van der Waals surface area contributed by atoms with Crippen molar-refractivity contribution in [1.29, 1.82) is 0 Å². The van der Waals surface area contributed by atoms with Crippen LogP contribution in [0.5, 0.6) is 17.2 Å². The molecule has 1 aromatic heterocycles. The Morgan fingerprint density at radius 2 is 1.69 bits per heavy atom. The Hall–Kier alpha value is -5.39. The van der Waals surface area contributed by atoms with Crippen LogP contribution in [0.25, 0.3) is 16.8 Å². The van der Waals surface area contributed by atoms with Crippen LogP contribution in [0.3, 0.4) is 0 Å². The Bertz CT molecular complexity index is 2330. The van der Waals surface area contributed by atoms with Gasteiger partial charge in [0.15, 0.2) is 22.9 Å². The quantitative estimate of drug-likeness (QED) is 0.141. The molecule has 0 radical (unpaired) electrons. The Morgan fingerprint density at radius 3 is 2.43 bits per heavy atom. The summed E-state index contributed by atoms with van der Waals surface area (Å²) in [5.41, 5.74) is 2.53. The summed E-state index contributed by atoms with van der Waals surface area (Å²) in [6.45, 7) is 5.66. The zero-order valence-electron chi connectivity index (χ0n) is 28.4. The van der Waals surface area contributed by atoms with Crippen molar-refractivity contribution in [1.82, 2.24) is 4.57 Å². The molecule has 0 amide bonds. The fourth-order valence-electron chi connectivity index (χ4n) is 5.81. The zero-order chi connectivity index (χ0) is 36.1. The molecule has 4 aromatic carbocycles. The van der Waals surface area contributed by atoms with E-state index in [9.17, 15) is 14.4 Å². The predicted octanol–water partition coefficient (Wildman–Crippen LogP) is 6.13. The van der Waals surface area contributed by atoms with Crippen molar-refractivity contribution in [3.63, 3.8) is 0 Å². The molecule has 6 rings (SSSR count). The summed E-state index contributed by atoms with van der Waals surface area (Å²) in [6.07, 6.45) is 1.82. The first-order valence-corrected chi connectivity index (χ1v) is 17.5. The molecule has 1 atom stereocenters. The Labute approximate surface area is 302 Å². The van der Waals surface area contributed by atoms with E-state index in [2.05, 4.69) is 0 Å². The van der Waals surface area contributed by atoms with Gasteiger partial charge in [-0.2, -0.15) is 0 Å². The highest BCUT2D eigenvalue weighted by molar-refractivity contribution is 7.07. The van der Waals surface area contributed by atoms with E-state index in [1.54, 1.807) is 32.0 Å². The fourth-order valence-corrected chi connectivity index (χ4v) is 6.96. The number of thiazole rings is 1. The number of methoxy groups -OCH3 is 1. The molecule has 1 aliphatic heterocycles. The van der Waals surface area contributed by atoms with Gasteiger partial charge in [-0.3, -0.25) is 9.36 Å². The van der Waals surface area contributed by atoms with Gasteiger partial charge in [-0.25, -0.2) is 14.6 Å². The van der Waals surface area contributed by atoms with Crippen LogP contribution in [0.2, 0.25) is 5.02 Å². The molecule has 0 saturated carbocycles. The number of ether oxygens (including phenoxy) is 5. The van der Waals surface area contributed by atoms with Crippen molar-refractivity contribution >= 4 is 51.7 Å². The average Bonchev–Trinajstić information content (AvgIpc) is 3.44. The molecule has 262 valence electrons. The van der Waals surface area contributed by atoms with Gasteiger partial charge in [-0.1, -0.05) is 71.5 Å². The molecule has 0 saturated heterocycles. The normalized spacial score (nSPS) is 14.1. The lowest BCUT2D eigenvalue weighted by Crippen LogP contribution is -2.40. The van der Waals surface area contributed by atoms with Crippen molar-refractivity contribution < 1.29 is 33.3 Å². The molecule has 0 unspecified atom stereocenters. The molecular weight excluding hydrogens is 692 g/mol. The van der Waals surface area contributed by atoms with Gasteiger partial charge in [0.2, 0.25) is 0 Å². The Kier molecular flexibility index (Phi) is 10.9. The van der Waals surface area contributed by atoms with Crippen molar-refractivity contribution in [2.45, 2.75) is 33.4 Å². The van der Waals surface area contributed by atoms with E-state index in [4.69, 9.17) is 40.3 Å². The second-order valence-corrected chi connectivity index (χ2v) is 12.9. The molecule has 12 heteroatoms. The standard InChI is InChI=1S/C39H35ClN2O8S/c1-5-47-32-19-26(14-18-31(32)50-22-34(43)46-4)36-35(38(45)48-6-2)23(3)41-39-42(36)37(44)33(51-39)20-29-28-10-8-7-9-25(28)13-17-30(29)49-21-24-11-15-27(40)16-12-24/h7-20,36H,5-6,21-22H2,1-4H3/b33-20+/t36-/m1/s1. The van der Waals surface area contributed by atoms with Crippen LogP contribution < -0.4 is 29.1 Å². The van der Waals surface area contributed by atoms with Crippen LogP contribution in [0.1, 0.15) is 43.5 Å². The van der Waals surface area contributed by atoms with Crippen LogP contribution in [0, 0.1) is 0 Å². The van der Waals surface area contributed by atoms with Gasteiger partial charge in [0.1, 0.15) is 12.4 Å². The summed E-state index contributed by atoms with van der Waals surface area (Å²) in [5, 5.41) is 2.52. The van der Waals surface area contributed by atoms with E-state index in [0.29, 0.717) is 56.1 Å². The van der Waals surface area contributed by atoms with Gasteiger partial charge in [0.25, 0.3) is 5.56 Å². The highest BCUT2D eigenvalue weighted by Gasteiger charge is 2.34. The van der Waals surface area contributed by atoms with E-state index >= 15 is 0 Å². The molecule has 1 aliphatic rings. The van der Waals surface area contributed by atoms with Gasteiger partial charge >= 0.3 is 11.9 Å². The van der Waals surface area contributed by atoms with Crippen LogP contribution >= 0.6 is 22.9 Å². The minimum atomic E-state index is -0.899. The molecule has 2 heterocycles. The zero-order valence-corrected chi connectivity index (χ0v) is 30.0. The number of fused-ring (bicyclic) bond motifs is 2. The van der Waals surface area contributed by atoms with Crippen LogP contribution in [0.4, 0.5) is 0 Å². The SMILES string of the molecule is CCOC(=O)C1=C(C)N=c2s/c(=C/c3c(OCc4ccc(Cl)cc4)ccc4ccccc34)c(=O)n2[C@@H]1c1ccc(OCC(=O)OC)c(OCC)c1. The molecule has 0 fully saturated rings. The lowest BCUT2D eigenvalue weighted by atomic mass is 9.95. The van der Waals surface area contributed by atoms with Crippen LogP contribution in [0.15, 0.2) is 99.9 Å². The van der Waals surface area contributed by atoms with Crippen molar-refractivity contribution in [3.05, 3.63) is 132 Å². The van der Waals surface area contributed by atoms with Crippen molar-refractivity contribution in [2.24, 2.45) is 4.99 Å². The topological polar surface area (TPSA) is 115 Å². The lowest BCUT2D eigenvalue weighted by Gasteiger charge is -2.25. The van der Waals surface area contributed by atoms with Gasteiger partial charge in [-0.15, -0.1) is 0 Å². The number of carbonyl (C=O) groups is 2. The summed E-state index contributed by atoms with van der Waals surface area (Å²) in [5.74, 6) is 0.0878. The first-order valence-electron chi connectivity index (χ1n) is 16.3. The van der Waals surface area contributed by atoms with Crippen LogP contribution in [-0.4, -0.2) is 43.4 Å². The first kappa shape index (κ1) is 35.4. The minimum absolute atomic E-state index is 0.136. The van der Waals surface area contributed by atoms with Gasteiger partial charge in [-0.05, 0) is 79.1 Å². The number of esters is 2. The maximum Gasteiger partial charge on any atom is 0.343 e. The molecular formula is C39H35ClN2O8S. The third kappa shape index (κ3) is 7.54. The number of benzene rings is 4. The minimum Gasteiger partial charge on any atom is -0.490 e. The molecule has 5 aromatic rings. The smallest absolute Gasteiger partial charge is 0.343 e. The molecule has 0 N–H and O–H groups in total. The summed E-state index contributed by atoms with van der Waals surface area (Å²) in [7, 11) is 1.27. The number of rotatable bonds is 12. The summed E-state index contributed by atoms with van der Waals surface area (Å²) in [4.78, 5) is 45.0. The predicted molar refractivity (Wildman–Crippen MR) is 195 cm³/mol. The lowest BCUT2D eigenvalue weighted by molar-refractivity contribution is -0.143. The van der Waals surface area contributed by atoms with Crippen molar-refractivity contribution in [2.75, 3.05) is 26.9 Å². The Morgan fingerprint density at radius 1 is 0.922 bits per heavy atom. The number of nitrogens with zero attached hydrogens (tertiary/aromatic N) is 2. The first-order chi connectivity index (χ1) is 24.7.